The van der Waals surface area contributed by atoms with E-state index in [4.69, 9.17) is 0 Å². The molecule has 0 aliphatic carbocycles. The molecule has 0 aromatic heterocycles. The molecule has 0 aliphatic heterocycles. The minimum absolute atomic E-state index is 0.758. The van der Waals surface area contributed by atoms with Crippen LogP contribution >= 0.6 is 11.8 Å². The quantitative estimate of drug-likeness (QED) is 0.595. The Bertz CT molecular complexity index is 120. The van der Waals surface area contributed by atoms with Gasteiger partial charge in [0.25, 0.3) is 0 Å². The van der Waals surface area contributed by atoms with Crippen molar-refractivity contribution in [3.05, 3.63) is 0 Å². The van der Waals surface area contributed by atoms with E-state index in [2.05, 4.69) is 37.4 Å². The van der Waals surface area contributed by atoms with E-state index in [1.807, 2.05) is 11.8 Å². The average Bonchev–Trinajstić information content (AvgIpc) is 2.15. The van der Waals surface area contributed by atoms with Crippen molar-refractivity contribution in [2.45, 2.75) is 20.3 Å². The number of hydrogen-bond acceptors (Lipinski definition) is 3. The zero-order valence-electron chi connectivity index (χ0n) is 10.2. The second-order valence-electron chi connectivity index (χ2n) is 4.06. The summed E-state index contributed by atoms with van der Waals surface area (Å²) in [4.78, 5) is 2.43. The van der Waals surface area contributed by atoms with Gasteiger partial charge in [0.2, 0.25) is 0 Å². The molecule has 0 heterocycles. The second kappa shape index (κ2) is 9.81. The molecule has 0 aromatic carbocycles. The summed E-state index contributed by atoms with van der Waals surface area (Å²) in [6, 6.07) is 0. The lowest BCUT2D eigenvalue weighted by molar-refractivity contribution is 0.296. The lowest BCUT2D eigenvalue weighted by Gasteiger charge is -2.21. The Balaban J connectivity index is 3.35. The Morgan fingerprint density at radius 1 is 1.43 bits per heavy atom. The van der Waals surface area contributed by atoms with E-state index < -0.39 is 0 Å². The normalized spacial score (nSPS) is 13.5. The smallest absolute Gasteiger partial charge is 0.00693 e. The molecule has 86 valence electrons. The molecule has 0 radical (unpaired) electrons. The van der Waals surface area contributed by atoms with Gasteiger partial charge in [-0.25, -0.2) is 0 Å². The number of hydrogen-bond donors (Lipinski definition) is 1. The fourth-order valence-electron chi connectivity index (χ4n) is 1.46. The molecule has 0 fully saturated rings. The molecule has 1 atom stereocenters. The molecule has 0 aliphatic rings. The van der Waals surface area contributed by atoms with E-state index in [0.717, 1.165) is 19.0 Å². The highest BCUT2D eigenvalue weighted by Gasteiger charge is 2.04. The van der Waals surface area contributed by atoms with Crippen LogP contribution in [-0.4, -0.2) is 50.1 Å². The first-order valence-electron chi connectivity index (χ1n) is 5.58. The van der Waals surface area contributed by atoms with E-state index >= 15 is 0 Å². The van der Waals surface area contributed by atoms with Crippen molar-refractivity contribution in [3.63, 3.8) is 0 Å². The summed E-state index contributed by atoms with van der Waals surface area (Å²) in [7, 11) is 2.21. The lowest BCUT2D eigenvalue weighted by atomic mass is 10.1. The zero-order chi connectivity index (χ0) is 10.8. The molecule has 0 bridgehead atoms. The number of nitrogens with zero attached hydrogens (tertiary/aromatic N) is 1. The maximum atomic E-state index is 3.46. The van der Waals surface area contributed by atoms with Gasteiger partial charge in [0, 0.05) is 18.8 Å². The van der Waals surface area contributed by atoms with Gasteiger partial charge in [-0.1, -0.05) is 13.8 Å². The largest absolute Gasteiger partial charge is 0.316 e. The molecular formula is C11H26N2S. The molecule has 1 N–H and O–H groups in total. The van der Waals surface area contributed by atoms with Crippen LogP contribution in [0.25, 0.3) is 0 Å². The van der Waals surface area contributed by atoms with E-state index in [0.29, 0.717) is 0 Å². The summed E-state index contributed by atoms with van der Waals surface area (Å²) in [5, 5.41) is 3.46. The van der Waals surface area contributed by atoms with Crippen molar-refractivity contribution in [2.75, 3.05) is 45.2 Å². The monoisotopic (exact) mass is 218 g/mol. The molecule has 0 aromatic rings. The van der Waals surface area contributed by atoms with E-state index in [-0.39, 0.29) is 0 Å². The van der Waals surface area contributed by atoms with E-state index in [9.17, 15) is 0 Å². The molecule has 0 amide bonds. The third-order valence-corrected chi connectivity index (χ3v) is 2.81. The Morgan fingerprint density at radius 2 is 2.14 bits per heavy atom. The first-order chi connectivity index (χ1) is 6.70. The van der Waals surface area contributed by atoms with E-state index in [1.165, 1.54) is 25.3 Å². The van der Waals surface area contributed by atoms with Gasteiger partial charge in [-0.05, 0) is 38.7 Å². The van der Waals surface area contributed by atoms with Gasteiger partial charge in [-0.3, -0.25) is 0 Å². The summed E-state index contributed by atoms with van der Waals surface area (Å²) in [5.41, 5.74) is 0. The molecule has 0 spiro atoms. The highest BCUT2D eigenvalue weighted by molar-refractivity contribution is 7.98. The van der Waals surface area contributed by atoms with Crippen LogP contribution in [0.3, 0.4) is 0 Å². The number of thioether (sulfide) groups is 1. The summed E-state index contributed by atoms with van der Waals surface area (Å²) in [5.74, 6) is 2.00. The SMILES string of the molecule is CCCNCC(C)CN(C)CCSC. The van der Waals surface area contributed by atoms with Gasteiger partial charge in [0.15, 0.2) is 0 Å². The fourth-order valence-corrected chi connectivity index (χ4v) is 1.95. The van der Waals surface area contributed by atoms with Crippen LogP contribution < -0.4 is 5.32 Å². The van der Waals surface area contributed by atoms with Crippen molar-refractivity contribution in [3.8, 4) is 0 Å². The molecule has 2 nitrogen and oxygen atoms in total. The molecule has 14 heavy (non-hydrogen) atoms. The standard InChI is InChI=1S/C11H26N2S/c1-5-6-12-9-11(2)10-13(3)7-8-14-4/h11-12H,5-10H2,1-4H3. The minimum atomic E-state index is 0.758. The van der Waals surface area contributed by atoms with Crippen molar-refractivity contribution >= 4 is 11.8 Å². The van der Waals surface area contributed by atoms with E-state index in [1.54, 1.807) is 0 Å². The van der Waals surface area contributed by atoms with Gasteiger partial charge in [0.05, 0.1) is 0 Å². The van der Waals surface area contributed by atoms with Crippen LogP contribution in [0, 0.1) is 5.92 Å². The summed E-state index contributed by atoms with van der Waals surface area (Å²) in [6.07, 6.45) is 3.40. The Hall–Kier alpha value is 0.270. The van der Waals surface area contributed by atoms with Crippen LogP contribution in [0.4, 0.5) is 0 Å². The lowest BCUT2D eigenvalue weighted by Crippen LogP contribution is -2.32. The van der Waals surface area contributed by atoms with Crippen molar-refractivity contribution in [1.29, 1.82) is 0 Å². The molecular weight excluding hydrogens is 192 g/mol. The molecule has 1 unspecified atom stereocenters. The van der Waals surface area contributed by atoms with Crippen LogP contribution in [-0.2, 0) is 0 Å². The van der Waals surface area contributed by atoms with Crippen molar-refractivity contribution < 1.29 is 0 Å². The summed E-state index contributed by atoms with van der Waals surface area (Å²) in [6.45, 7) is 9.24. The maximum absolute atomic E-state index is 3.46. The van der Waals surface area contributed by atoms with Crippen LogP contribution in [0.1, 0.15) is 20.3 Å². The molecule has 0 rings (SSSR count). The first-order valence-corrected chi connectivity index (χ1v) is 6.98. The van der Waals surface area contributed by atoms with Gasteiger partial charge < -0.3 is 10.2 Å². The van der Waals surface area contributed by atoms with Gasteiger partial charge in [-0.15, -0.1) is 0 Å². The van der Waals surface area contributed by atoms with Gasteiger partial charge >= 0.3 is 0 Å². The third kappa shape index (κ3) is 8.85. The number of nitrogens with one attached hydrogen (secondary N) is 1. The summed E-state index contributed by atoms with van der Waals surface area (Å²) >= 11 is 1.92. The Morgan fingerprint density at radius 3 is 2.71 bits per heavy atom. The molecule has 0 saturated carbocycles. The zero-order valence-corrected chi connectivity index (χ0v) is 11.0. The van der Waals surface area contributed by atoms with Crippen LogP contribution in [0.2, 0.25) is 0 Å². The minimum Gasteiger partial charge on any atom is -0.316 e. The molecule has 0 saturated heterocycles. The van der Waals surface area contributed by atoms with Gasteiger partial charge in [0.1, 0.15) is 0 Å². The number of rotatable bonds is 9. The highest BCUT2D eigenvalue weighted by Crippen LogP contribution is 1.99. The third-order valence-electron chi connectivity index (χ3n) is 2.22. The second-order valence-corrected chi connectivity index (χ2v) is 5.05. The first kappa shape index (κ1) is 14.3. The van der Waals surface area contributed by atoms with Crippen LogP contribution in [0.5, 0.6) is 0 Å². The average molecular weight is 218 g/mol. The highest BCUT2D eigenvalue weighted by atomic mass is 32.2. The van der Waals surface area contributed by atoms with Crippen LogP contribution in [0.15, 0.2) is 0 Å². The van der Waals surface area contributed by atoms with Crippen molar-refractivity contribution in [1.82, 2.24) is 10.2 Å². The summed E-state index contributed by atoms with van der Waals surface area (Å²) < 4.78 is 0. The Labute approximate surface area is 93.8 Å². The molecule has 3 heteroatoms. The topological polar surface area (TPSA) is 15.3 Å². The van der Waals surface area contributed by atoms with Crippen molar-refractivity contribution in [2.24, 2.45) is 5.92 Å². The maximum Gasteiger partial charge on any atom is 0.00693 e. The van der Waals surface area contributed by atoms with Gasteiger partial charge in [-0.2, -0.15) is 11.8 Å². The Kier molecular flexibility index (Phi) is 10.0. The fraction of sp³-hybridized carbons (Fsp3) is 1.00. The predicted octanol–water partition coefficient (Wildman–Crippen LogP) is 1.92. The predicted molar refractivity (Wildman–Crippen MR) is 68.2 cm³/mol.